The van der Waals surface area contributed by atoms with Crippen LogP contribution < -0.4 is 4.74 Å². The van der Waals surface area contributed by atoms with Crippen molar-refractivity contribution in [2.75, 3.05) is 13.2 Å². The molecule has 0 spiro atoms. The van der Waals surface area contributed by atoms with Crippen LogP contribution in [0.5, 0.6) is 5.75 Å². The predicted octanol–water partition coefficient (Wildman–Crippen LogP) is 3.05. The fourth-order valence-electron chi connectivity index (χ4n) is 1.31. The largest absolute Gasteiger partial charge is 0.493 e. The van der Waals surface area contributed by atoms with Crippen LogP contribution in [-0.2, 0) is 9.53 Å². The smallest absolute Gasteiger partial charge is 0.330 e. The van der Waals surface area contributed by atoms with Crippen LogP contribution in [0.25, 0.3) is 6.08 Å². The molecule has 0 aliphatic heterocycles. The number of benzene rings is 1. The van der Waals surface area contributed by atoms with Crippen molar-refractivity contribution >= 4 is 12.0 Å². The maximum atomic E-state index is 11.3. The third-order valence-electron chi connectivity index (χ3n) is 2.07. The summed E-state index contributed by atoms with van der Waals surface area (Å²) in [7, 11) is 0. The summed E-state index contributed by atoms with van der Waals surface area (Å²) in [5.41, 5.74) is 0.878. The van der Waals surface area contributed by atoms with Crippen LogP contribution >= 0.6 is 0 Å². The highest BCUT2D eigenvalue weighted by atomic mass is 16.5. The van der Waals surface area contributed by atoms with Crippen molar-refractivity contribution in [1.29, 1.82) is 0 Å². The molecule has 17 heavy (non-hydrogen) atoms. The Morgan fingerprint density at radius 2 is 2.06 bits per heavy atom. The van der Waals surface area contributed by atoms with Gasteiger partial charge in [-0.3, -0.25) is 0 Å². The first kappa shape index (κ1) is 13.3. The van der Waals surface area contributed by atoms with Gasteiger partial charge >= 0.3 is 5.97 Å². The maximum absolute atomic E-state index is 11.3. The van der Waals surface area contributed by atoms with Crippen molar-refractivity contribution in [1.82, 2.24) is 0 Å². The van der Waals surface area contributed by atoms with E-state index in [0.717, 1.165) is 17.7 Å². The molecule has 0 N–H and O–H groups in total. The van der Waals surface area contributed by atoms with E-state index in [2.05, 4.69) is 0 Å². The summed E-state index contributed by atoms with van der Waals surface area (Å²) in [5, 5.41) is 0. The third-order valence-corrected chi connectivity index (χ3v) is 2.07. The highest BCUT2D eigenvalue weighted by molar-refractivity contribution is 5.87. The monoisotopic (exact) mass is 234 g/mol. The Bertz CT molecular complexity index is 383. The van der Waals surface area contributed by atoms with E-state index in [9.17, 15) is 4.79 Å². The Morgan fingerprint density at radius 3 is 2.76 bits per heavy atom. The van der Waals surface area contributed by atoms with Gasteiger partial charge < -0.3 is 9.47 Å². The number of esters is 1. The lowest BCUT2D eigenvalue weighted by Crippen LogP contribution is -2.01. The van der Waals surface area contributed by atoms with Crippen molar-refractivity contribution in [3.8, 4) is 5.75 Å². The average Bonchev–Trinajstić information content (AvgIpc) is 2.35. The number of carbonyl (C=O) groups excluding carboxylic acids is 1. The molecule has 0 fully saturated rings. The van der Waals surface area contributed by atoms with E-state index < -0.39 is 0 Å². The molecule has 0 aliphatic carbocycles. The summed E-state index contributed by atoms with van der Waals surface area (Å²) in [6.45, 7) is 4.94. The first-order valence-electron chi connectivity index (χ1n) is 5.84. The molecule has 1 aromatic carbocycles. The molecule has 0 bridgehead atoms. The van der Waals surface area contributed by atoms with Gasteiger partial charge in [-0.25, -0.2) is 4.79 Å². The first-order chi connectivity index (χ1) is 8.27. The van der Waals surface area contributed by atoms with E-state index in [1.807, 2.05) is 38.1 Å². The number of carbonyl (C=O) groups is 1. The second-order valence-electron chi connectivity index (χ2n) is 3.47. The van der Waals surface area contributed by atoms with Gasteiger partial charge in [0, 0.05) is 11.6 Å². The molecule has 0 aliphatic rings. The zero-order valence-corrected chi connectivity index (χ0v) is 10.3. The van der Waals surface area contributed by atoms with E-state index in [-0.39, 0.29) is 5.97 Å². The molecule has 0 unspecified atom stereocenters. The predicted molar refractivity (Wildman–Crippen MR) is 67.9 cm³/mol. The van der Waals surface area contributed by atoms with Gasteiger partial charge in [-0.2, -0.15) is 0 Å². The Balaban J connectivity index is 2.66. The average molecular weight is 234 g/mol. The van der Waals surface area contributed by atoms with Gasteiger partial charge in [0.05, 0.1) is 13.2 Å². The fraction of sp³-hybridized carbons (Fsp3) is 0.357. The Morgan fingerprint density at radius 1 is 1.29 bits per heavy atom. The first-order valence-corrected chi connectivity index (χ1v) is 5.84. The van der Waals surface area contributed by atoms with E-state index >= 15 is 0 Å². The molecule has 0 heterocycles. The molecule has 0 atom stereocenters. The summed E-state index contributed by atoms with van der Waals surface area (Å²) < 4.78 is 10.4. The Kier molecular flexibility index (Phi) is 5.86. The summed E-state index contributed by atoms with van der Waals surface area (Å²) in [6, 6.07) is 7.58. The van der Waals surface area contributed by atoms with Crippen molar-refractivity contribution in [2.45, 2.75) is 20.3 Å². The zero-order chi connectivity index (χ0) is 12.5. The third kappa shape index (κ3) is 4.72. The second-order valence-corrected chi connectivity index (χ2v) is 3.47. The molecule has 1 rings (SSSR count). The molecule has 1 aromatic rings. The van der Waals surface area contributed by atoms with Crippen LogP contribution in [-0.4, -0.2) is 19.2 Å². The molecule has 0 radical (unpaired) electrons. The summed E-state index contributed by atoms with van der Waals surface area (Å²) in [4.78, 5) is 11.3. The normalized spacial score (nSPS) is 10.5. The Labute approximate surface area is 102 Å². The van der Waals surface area contributed by atoms with Crippen molar-refractivity contribution in [3.63, 3.8) is 0 Å². The van der Waals surface area contributed by atoms with Crippen molar-refractivity contribution < 1.29 is 14.3 Å². The quantitative estimate of drug-likeness (QED) is 0.560. The van der Waals surface area contributed by atoms with Crippen LogP contribution in [0.2, 0.25) is 0 Å². The fourth-order valence-corrected chi connectivity index (χ4v) is 1.31. The number of para-hydroxylation sites is 1. The lowest BCUT2D eigenvalue weighted by atomic mass is 10.2. The van der Waals surface area contributed by atoms with Gasteiger partial charge in [-0.15, -0.1) is 0 Å². The van der Waals surface area contributed by atoms with Gasteiger partial charge in [-0.1, -0.05) is 25.1 Å². The number of hydrogen-bond donors (Lipinski definition) is 0. The molecule has 0 saturated carbocycles. The highest BCUT2D eigenvalue weighted by Crippen LogP contribution is 2.19. The number of hydrogen-bond acceptors (Lipinski definition) is 3. The minimum atomic E-state index is -0.321. The number of ether oxygens (including phenoxy) is 2. The molecule has 3 heteroatoms. The lowest BCUT2D eigenvalue weighted by Gasteiger charge is -2.06. The Hall–Kier alpha value is -1.77. The van der Waals surface area contributed by atoms with Crippen LogP contribution in [0, 0.1) is 0 Å². The maximum Gasteiger partial charge on any atom is 0.330 e. The van der Waals surface area contributed by atoms with Gasteiger partial charge in [0.25, 0.3) is 0 Å². The molecule has 0 saturated heterocycles. The van der Waals surface area contributed by atoms with Crippen LogP contribution in [0.3, 0.4) is 0 Å². The SMILES string of the molecule is CCCOC(=O)C=Cc1ccccc1OCC. The van der Waals surface area contributed by atoms with Crippen molar-refractivity contribution in [2.24, 2.45) is 0 Å². The van der Waals surface area contributed by atoms with Gasteiger partial charge in [0.1, 0.15) is 5.75 Å². The van der Waals surface area contributed by atoms with E-state index in [4.69, 9.17) is 9.47 Å². The van der Waals surface area contributed by atoms with Gasteiger partial charge in [0.15, 0.2) is 0 Å². The molecular weight excluding hydrogens is 216 g/mol. The molecule has 0 amide bonds. The minimum absolute atomic E-state index is 0.321. The summed E-state index contributed by atoms with van der Waals surface area (Å²) in [6.07, 6.45) is 3.96. The van der Waals surface area contributed by atoms with Crippen molar-refractivity contribution in [3.05, 3.63) is 35.9 Å². The molecule has 3 nitrogen and oxygen atoms in total. The van der Waals surface area contributed by atoms with E-state index in [1.54, 1.807) is 6.08 Å². The van der Waals surface area contributed by atoms with Crippen LogP contribution in [0.4, 0.5) is 0 Å². The topological polar surface area (TPSA) is 35.5 Å². The highest BCUT2D eigenvalue weighted by Gasteiger charge is 2.00. The summed E-state index contributed by atoms with van der Waals surface area (Å²) in [5.74, 6) is 0.452. The van der Waals surface area contributed by atoms with Crippen LogP contribution in [0.1, 0.15) is 25.8 Å². The minimum Gasteiger partial charge on any atom is -0.493 e. The standard InChI is InChI=1S/C14H18O3/c1-3-11-17-14(15)10-9-12-7-5-6-8-13(12)16-4-2/h5-10H,3-4,11H2,1-2H3. The zero-order valence-electron chi connectivity index (χ0n) is 10.3. The molecule has 0 aromatic heterocycles. The van der Waals surface area contributed by atoms with Crippen LogP contribution in [0.15, 0.2) is 30.3 Å². The van der Waals surface area contributed by atoms with Gasteiger partial charge in [0.2, 0.25) is 0 Å². The van der Waals surface area contributed by atoms with E-state index in [1.165, 1.54) is 6.08 Å². The van der Waals surface area contributed by atoms with Gasteiger partial charge in [-0.05, 0) is 25.5 Å². The molecular formula is C14H18O3. The summed E-state index contributed by atoms with van der Waals surface area (Å²) >= 11 is 0. The van der Waals surface area contributed by atoms with E-state index in [0.29, 0.717) is 13.2 Å². The number of rotatable bonds is 6. The second kappa shape index (κ2) is 7.49. The molecule has 92 valence electrons. The lowest BCUT2D eigenvalue weighted by molar-refractivity contribution is -0.137.